The summed E-state index contributed by atoms with van der Waals surface area (Å²) in [4.78, 5) is 3.85. The molecular formula is C11H13ClN2O. The van der Waals surface area contributed by atoms with E-state index in [4.69, 9.17) is 16.9 Å². The van der Waals surface area contributed by atoms with Gasteiger partial charge in [0.15, 0.2) is 0 Å². The summed E-state index contributed by atoms with van der Waals surface area (Å²) in [7, 11) is 0. The first-order chi connectivity index (χ1) is 7.06. The number of aromatic nitrogens is 1. The molecule has 1 unspecified atom stereocenters. The molecule has 80 valence electrons. The van der Waals surface area contributed by atoms with Crippen LogP contribution in [-0.4, -0.2) is 10.1 Å². The second-order valence-corrected chi connectivity index (χ2v) is 4.04. The molecule has 0 fully saturated rings. The predicted octanol–water partition coefficient (Wildman–Crippen LogP) is 2.64. The predicted molar refractivity (Wildman–Crippen MR) is 58.3 cm³/mol. The zero-order valence-electron chi connectivity index (χ0n) is 8.57. The van der Waals surface area contributed by atoms with Crippen molar-refractivity contribution in [3.63, 3.8) is 0 Å². The Morgan fingerprint density at radius 3 is 3.00 bits per heavy atom. The quantitative estimate of drug-likeness (QED) is 0.632. The van der Waals surface area contributed by atoms with Crippen molar-refractivity contribution < 1.29 is 5.11 Å². The zero-order valence-corrected chi connectivity index (χ0v) is 9.33. The lowest BCUT2D eigenvalue weighted by Gasteiger charge is -2.23. The lowest BCUT2D eigenvalue weighted by molar-refractivity contribution is 0.0459. The summed E-state index contributed by atoms with van der Waals surface area (Å²) in [5.74, 6) is 0. The number of nitrogens with zero attached hydrogens (tertiary/aromatic N) is 2. The average molecular weight is 225 g/mol. The third-order valence-electron chi connectivity index (χ3n) is 2.30. The Kier molecular flexibility index (Phi) is 4.07. The van der Waals surface area contributed by atoms with Crippen LogP contribution in [0.5, 0.6) is 0 Å². The van der Waals surface area contributed by atoms with Gasteiger partial charge in [-0.1, -0.05) is 11.6 Å². The normalized spacial score (nSPS) is 14.3. The molecule has 0 saturated carbocycles. The molecule has 1 N–H and O–H groups in total. The van der Waals surface area contributed by atoms with Crippen LogP contribution >= 0.6 is 11.6 Å². The fourth-order valence-corrected chi connectivity index (χ4v) is 1.57. The molecule has 15 heavy (non-hydrogen) atoms. The number of pyridine rings is 1. The first-order valence-corrected chi connectivity index (χ1v) is 5.15. The molecule has 0 spiro atoms. The van der Waals surface area contributed by atoms with Gasteiger partial charge in [0.25, 0.3) is 0 Å². The van der Waals surface area contributed by atoms with Crippen LogP contribution < -0.4 is 0 Å². The van der Waals surface area contributed by atoms with Crippen LogP contribution in [0.25, 0.3) is 0 Å². The van der Waals surface area contributed by atoms with Crippen molar-refractivity contribution in [2.45, 2.75) is 31.8 Å². The topological polar surface area (TPSA) is 56.9 Å². The van der Waals surface area contributed by atoms with E-state index in [9.17, 15) is 5.11 Å². The monoisotopic (exact) mass is 224 g/mol. The van der Waals surface area contributed by atoms with E-state index in [0.717, 1.165) is 5.56 Å². The summed E-state index contributed by atoms with van der Waals surface area (Å²) in [6.45, 7) is 1.72. The van der Waals surface area contributed by atoms with Gasteiger partial charge in [-0.25, -0.2) is 4.98 Å². The Hall–Kier alpha value is -1.11. The number of rotatable bonds is 4. The molecule has 1 aromatic heterocycles. The number of aliphatic hydroxyl groups is 1. The van der Waals surface area contributed by atoms with E-state index in [0.29, 0.717) is 24.4 Å². The molecule has 1 atom stereocenters. The van der Waals surface area contributed by atoms with Gasteiger partial charge in [-0.05, 0) is 37.5 Å². The molecule has 4 heteroatoms. The highest BCUT2D eigenvalue weighted by atomic mass is 35.5. The molecule has 1 heterocycles. The Bertz CT molecular complexity index is 371. The van der Waals surface area contributed by atoms with Crippen molar-refractivity contribution in [2.24, 2.45) is 0 Å². The Balaban J connectivity index is 2.73. The van der Waals surface area contributed by atoms with Crippen molar-refractivity contribution in [1.82, 2.24) is 4.98 Å². The zero-order chi connectivity index (χ0) is 11.3. The van der Waals surface area contributed by atoms with Crippen molar-refractivity contribution in [2.75, 3.05) is 0 Å². The van der Waals surface area contributed by atoms with Crippen LogP contribution in [0.4, 0.5) is 0 Å². The van der Waals surface area contributed by atoms with Gasteiger partial charge < -0.3 is 5.11 Å². The van der Waals surface area contributed by atoms with Crippen molar-refractivity contribution >= 4 is 11.6 Å². The molecule has 3 nitrogen and oxygen atoms in total. The van der Waals surface area contributed by atoms with Gasteiger partial charge in [-0.3, -0.25) is 0 Å². The van der Waals surface area contributed by atoms with Gasteiger partial charge in [0.05, 0.1) is 11.7 Å². The molecule has 0 bridgehead atoms. The van der Waals surface area contributed by atoms with Crippen LogP contribution in [0, 0.1) is 11.3 Å². The number of hydrogen-bond donors (Lipinski definition) is 1. The SMILES string of the molecule is CC(O)(CCCC#N)c1ccnc(Cl)c1. The number of halogens is 1. The summed E-state index contributed by atoms with van der Waals surface area (Å²) < 4.78 is 0. The van der Waals surface area contributed by atoms with Gasteiger partial charge in [-0.15, -0.1) is 0 Å². The average Bonchev–Trinajstić information content (AvgIpc) is 2.18. The van der Waals surface area contributed by atoms with Crippen LogP contribution in [0.2, 0.25) is 5.15 Å². The Labute approximate surface area is 94.3 Å². The fourth-order valence-electron chi connectivity index (χ4n) is 1.39. The molecule has 1 rings (SSSR count). The van der Waals surface area contributed by atoms with Crippen LogP contribution in [0.1, 0.15) is 31.7 Å². The first-order valence-electron chi connectivity index (χ1n) is 4.77. The van der Waals surface area contributed by atoms with Crippen molar-refractivity contribution in [1.29, 1.82) is 5.26 Å². The van der Waals surface area contributed by atoms with E-state index in [1.54, 1.807) is 25.3 Å². The Morgan fingerprint density at radius 2 is 2.40 bits per heavy atom. The standard InChI is InChI=1S/C11H13ClN2O/c1-11(15,5-2-3-6-13)9-4-7-14-10(12)8-9/h4,7-8,15H,2-3,5H2,1H3. The van der Waals surface area contributed by atoms with Crippen molar-refractivity contribution in [3.05, 3.63) is 29.0 Å². The molecule has 0 aromatic carbocycles. The summed E-state index contributed by atoms with van der Waals surface area (Å²) in [6.07, 6.45) is 3.23. The van der Waals surface area contributed by atoms with E-state index in [1.807, 2.05) is 0 Å². The van der Waals surface area contributed by atoms with Gasteiger partial charge in [0.2, 0.25) is 0 Å². The first kappa shape index (κ1) is 12.0. The number of nitriles is 1. The summed E-state index contributed by atoms with van der Waals surface area (Å²) in [6, 6.07) is 5.43. The molecule has 1 aromatic rings. The van der Waals surface area contributed by atoms with Gasteiger partial charge in [0.1, 0.15) is 5.15 Å². The minimum atomic E-state index is -0.941. The Morgan fingerprint density at radius 1 is 1.67 bits per heavy atom. The second-order valence-electron chi connectivity index (χ2n) is 3.65. The van der Waals surface area contributed by atoms with Crippen LogP contribution in [0.15, 0.2) is 18.3 Å². The number of hydrogen-bond acceptors (Lipinski definition) is 3. The third kappa shape index (κ3) is 3.50. The lowest BCUT2D eigenvalue weighted by Crippen LogP contribution is -2.20. The van der Waals surface area contributed by atoms with Crippen molar-refractivity contribution in [3.8, 4) is 6.07 Å². The molecular weight excluding hydrogens is 212 g/mol. The van der Waals surface area contributed by atoms with E-state index in [1.165, 1.54) is 0 Å². The maximum atomic E-state index is 10.1. The molecule has 0 amide bonds. The third-order valence-corrected chi connectivity index (χ3v) is 2.51. The smallest absolute Gasteiger partial charge is 0.129 e. The van der Waals surface area contributed by atoms with E-state index in [2.05, 4.69) is 11.1 Å². The number of unbranched alkanes of at least 4 members (excludes halogenated alkanes) is 1. The van der Waals surface area contributed by atoms with E-state index < -0.39 is 5.60 Å². The minimum Gasteiger partial charge on any atom is -0.385 e. The molecule has 0 aliphatic heterocycles. The van der Waals surface area contributed by atoms with E-state index >= 15 is 0 Å². The van der Waals surface area contributed by atoms with Crippen LogP contribution in [0.3, 0.4) is 0 Å². The lowest BCUT2D eigenvalue weighted by atomic mass is 9.91. The van der Waals surface area contributed by atoms with Gasteiger partial charge >= 0.3 is 0 Å². The highest BCUT2D eigenvalue weighted by molar-refractivity contribution is 6.29. The highest BCUT2D eigenvalue weighted by Gasteiger charge is 2.22. The fraction of sp³-hybridized carbons (Fsp3) is 0.455. The summed E-state index contributed by atoms with van der Waals surface area (Å²) in [5.41, 5.74) is -0.205. The second kappa shape index (κ2) is 5.11. The largest absolute Gasteiger partial charge is 0.385 e. The maximum absolute atomic E-state index is 10.1. The van der Waals surface area contributed by atoms with Gasteiger partial charge in [-0.2, -0.15) is 5.26 Å². The minimum absolute atomic E-state index is 0.369. The summed E-state index contributed by atoms with van der Waals surface area (Å²) >= 11 is 5.74. The van der Waals surface area contributed by atoms with Crippen LogP contribution in [-0.2, 0) is 5.60 Å². The maximum Gasteiger partial charge on any atom is 0.129 e. The molecule has 0 aliphatic carbocycles. The molecule has 0 saturated heterocycles. The van der Waals surface area contributed by atoms with Gasteiger partial charge in [0, 0.05) is 12.6 Å². The molecule has 0 aliphatic rings. The molecule has 0 radical (unpaired) electrons. The summed E-state index contributed by atoms with van der Waals surface area (Å²) in [5, 5.41) is 18.9. The van der Waals surface area contributed by atoms with E-state index in [-0.39, 0.29) is 0 Å². The highest BCUT2D eigenvalue weighted by Crippen LogP contribution is 2.27.